The Morgan fingerprint density at radius 3 is 2.55 bits per heavy atom. The maximum Gasteiger partial charge on any atom is 0.264 e. The van der Waals surface area contributed by atoms with E-state index in [4.69, 9.17) is 4.74 Å². The Balaban J connectivity index is 1.54. The van der Waals surface area contributed by atoms with Gasteiger partial charge in [-0.15, -0.1) is 0 Å². The molecule has 0 unspecified atom stereocenters. The second-order valence-electron chi connectivity index (χ2n) is 6.64. The Hall–Kier alpha value is -3.32. The number of phenolic OH excluding ortho intramolecular Hbond substituents is 1. The number of phenols is 1. The van der Waals surface area contributed by atoms with Crippen molar-refractivity contribution in [2.45, 2.75) is 11.3 Å². The molecule has 7 heteroatoms. The van der Waals surface area contributed by atoms with E-state index in [1.807, 2.05) is 24.3 Å². The number of aromatic hydroxyl groups is 1. The SMILES string of the molecule is COc1ccc(C=Nc2ccc(S(=O)(=O)N3CCc4ccccc43)cc2)cc1O. The zero-order valence-corrected chi connectivity index (χ0v) is 16.6. The molecule has 3 aromatic carbocycles. The summed E-state index contributed by atoms with van der Waals surface area (Å²) in [5.41, 5.74) is 3.10. The van der Waals surface area contributed by atoms with E-state index in [9.17, 15) is 13.5 Å². The van der Waals surface area contributed by atoms with Gasteiger partial charge in [-0.1, -0.05) is 18.2 Å². The first-order valence-electron chi connectivity index (χ1n) is 9.11. The summed E-state index contributed by atoms with van der Waals surface area (Å²) >= 11 is 0. The highest BCUT2D eigenvalue weighted by Crippen LogP contribution is 2.33. The Kier molecular flexibility index (Phi) is 4.98. The van der Waals surface area contributed by atoms with Crippen LogP contribution in [0.15, 0.2) is 76.6 Å². The highest BCUT2D eigenvalue weighted by atomic mass is 32.2. The lowest BCUT2D eigenvalue weighted by Gasteiger charge is -2.19. The second kappa shape index (κ2) is 7.60. The predicted octanol–water partition coefficient (Wildman–Crippen LogP) is 3.90. The number of fused-ring (bicyclic) bond motifs is 1. The first-order valence-corrected chi connectivity index (χ1v) is 10.5. The second-order valence-corrected chi connectivity index (χ2v) is 8.50. The molecule has 3 aromatic rings. The van der Waals surface area contributed by atoms with Crippen LogP contribution in [-0.2, 0) is 16.4 Å². The maximum atomic E-state index is 13.0. The summed E-state index contributed by atoms with van der Waals surface area (Å²) in [6, 6.07) is 19.0. The molecule has 1 heterocycles. The largest absolute Gasteiger partial charge is 0.504 e. The number of methoxy groups -OCH3 is 1. The van der Waals surface area contributed by atoms with Gasteiger partial charge in [0, 0.05) is 12.8 Å². The van der Waals surface area contributed by atoms with Crippen LogP contribution in [0.25, 0.3) is 0 Å². The topological polar surface area (TPSA) is 79.2 Å². The molecule has 0 aliphatic carbocycles. The van der Waals surface area contributed by atoms with Crippen molar-refractivity contribution >= 4 is 27.6 Å². The van der Waals surface area contributed by atoms with Crippen molar-refractivity contribution < 1.29 is 18.3 Å². The van der Waals surface area contributed by atoms with Crippen molar-refractivity contribution in [2.75, 3.05) is 18.0 Å². The third kappa shape index (κ3) is 3.69. The van der Waals surface area contributed by atoms with E-state index < -0.39 is 10.0 Å². The maximum absolute atomic E-state index is 13.0. The number of hydrogen-bond donors (Lipinski definition) is 1. The highest BCUT2D eigenvalue weighted by Gasteiger charge is 2.30. The standard InChI is InChI=1S/C22H20N2O4S/c1-28-22-11-6-16(14-21(22)25)15-23-18-7-9-19(10-8-18)29(26,27)24-13-12-17-4-2-3-5-20(17)24/h2-11,14-15,25H,12-13H2,1H3. The lowest BCUT2D eigenvalue weighted by atomic mass is 10.2. The van der Waals surface area contributed by atoms with Crippen LogP contribution in [0.3, 0.4) is 0 Å². The van der Waals surface area contributed by atoms with Gasteiger partial charge in [0.05, 0.1) is 23.4 Å². The molecular weight excluding hydrogens is 388 g/mol. The zero-order valence-electron chi connectivity index (χ0n) is 15.8. The van der Waals surface area contributed by atoms with E-state index in [0.717, 1.165) is 11.3 Å². The fourth-order valence-corrected chi connectivity index (χ4v) is 4.83. The molecule has 0 saturated carbocycles. The van der Waals surface area contributed by atoms with Crippen molar-refractivity contribution in [3.05, 3.63) is 77.9 Å². The summed E-state index contributed by atoms with van der Waals surface area (Å²) in [7, 11) is -2.13. The van der Waals surface area contributed by atoms with Crippen LogP contribution in [0.1, 0.15) is 11.1 Å². The van der Waals surface area contributed by atoms with Crippen molar-refractivity contribution in [1.29, 1.82) is 0 Å². The van der Waals surface area contributed by atoms with Gasteiger partial charge in [0.1, 0.15) is 0 Å². The Morgan fingerprint density at radius 1 is 1.07 bits per heavy atom. The lowest BCUT2D eigenvalue weighted by Crippen LogP contribution is -2.29. The first-order chi connectivity index (χ1) is 14.0. The minimum absolute atomic E-state index is 0.0313. The number of anilines is 1. The number of ether oxygens (including phenoxy) is 1. The van der Waals surface area contributed by atoms with Gasteiger partial charge in [-0.2, -0.15) is 0 Å². The van der Waals surface area contributed by atoms with Crippen LogP contribution < -0.4 is 9.04 Å². The molecule has 0 atom stereocenters. The van der Waals surface area contributed by atoms with E-state index in [-0.39, 0.29) is 10.6 Å². The lowest BCUT2D eigenvalue weighted by molar-refractivity contribution is 0.373. The Morgan fingerprint density at radius 2 is 1.83 bits per heavy atom. The molecule has 0 spiro atoms. The summed E-state index contributed by atoms with van der Waals surface area (Å²) in [5, 5.41) is 9.83. The van der Waals surface area contributed by atoms with Crippen LogP contribution >= 0.6 is 0 Å². The van der Waals surface area contributed by atoms with Crippen LogP contribution in [0.2, 0.25) is 0 Å². The van der Waals surface area contributed by atoms with Gasteiger partial charge < -0.3 is 9.84 Å². The van der Waals surface area contributed by atoms with Crippen LogP contribution in [0, 0.1) is 0 Å². The summed E-state index contributed by atoms with van der Waals surface area (Å²) < 4.78 is 32.5. The molecule has 0 amide bonds. The van der Waals surface area contributed by atoms with E-state index in [0.29, 0.717) is 30.0 Å². The van der Waals surface area contributed by atoms with Crippen LogP contribution in [-0.4, -0.2) is 33.4 Å². The Bertz CT molecular complexity index is 1170. The molecule has 0 aromatic heterocycles. The number of sulfonamides is 1. The van der Waals surface area contributed by atoms with Gasteiger partial charge in [-0.05, 0) is 66.1 Å². The van der Waals surface area contributed by atoms with Gasteiger partial charge in [-0.25, -0.2) is 8.42 Å². The molecular formula is C22H20N2O4S. The van der Waals surface area contributed by atoms with Gasteiger partial charge in [-0.3, -0.25) is 9.30 Å². The minimum atomic E-state index is -3.61. The molecule has 1 aliphatic rings. The van der Waals surface area contributed by atoms with Crippen molar-refractivity contribution in [2.24, 2.45) is 4.99 Å². The normalized spacial score (nSPS) is 13.6. The highest BCUT2D eigenvalue weighted by molar-refractivity contribution is 7.92. The predicted molar refractivity (Wildman–Crippen MR) is 113 cm³/mol. The average Bonchev–Trinajstić information content (AvgIpc) is 3.18. The molecule has 0 fully saturated rings. The fourth-order valence-electron chi connectivity index (χ4n) is 3.33. The molecule has 148 valence electrons. The fraction of sp³-hybridized carbons (Fsp3) is 0.136. The number of para-hydroxylation sites is 1. The quantitative estimate of drug-likeness (QED) is 0.650. The van der Waals surface area contributed by atoms with Crippen molar-refractivity contribution in [3.8, 4) is 11.5 Å². The van der Waals surface area contributed by atoms with Gasteiger partial charge in [0.15, 0.2) is 11.5 Å². The van der Waals surface area contributed by atoms with E-state index in [2.05, 4.69) is 4.99 Å². The smallest absolute Gasteiger partial charge is 0.264 e. The molecule has 4 rings (SSSR count). The zero-order chi connectivity index (χ0) is 20.4. The summed E-state index contributed by atoms with van der Waals surface area (Å²) in [4.78, 5) is 4.58. The number of aliphatic imine (C=N–C) groups is 1. The van der Waals surface area contributed by atoms with E-state index >= 15 is 0 Å². The first kappa shape index (κ1) is 19.0. The van der Waals surface area contributed by atoms with Crippen LogP contribution in [0.4, 0.5) is 11.4 Å². The summed E-state index contributed by atoms with van der Waals surface area (Å²) in [6.45, 7) is 0.447. The molecule has 29 heavy (non-hydrogen) atoms. The number of hydrogen-bond acceptors (Lipinski definition) is 5. The Labute approximate surface area is 169 Å². The molecule has 1 N–H and O–H groups in total. The molecule has 0 saturated heterocycles. The van der Waals surface area contributed by atoms with Crippen molar-refractivity contribution in [3.63, 3.8) is 0 Å². The average molecular weight is 408 g/mol. The van der Waals surface area contributed by atoms with E-state index in [1.165, 1.54) is 11.4 Å². The molecule has 0 bridgehead atoms. The van der Waals surface area contributed by atoms with Gasteiger partial charge >= 0.3 is 0 Å². The molecule has 1 aliphatic heterocycles. The third-order valence-electron chi connectivity index (χ3n) is 4.83. The number of nitrogens with zero attached hydrogens (tertiary/aromatic N) is 2. The minimum Gasteiger partial charge on any atom is -0.504 e. The third-order valence-corrected chi connectivity index (χ3v) is 6.66. The van der Waals surface area contributed by atoms with Gasteiger partial charge in [0.25, 0.3) is 10.0 Å². The number of rotatable bonds is 5. The summed E-state index contributed by atoms with van der Waals surface area (Å²) in [5.74, 6) is 0.420. The summed E-state index contributed by atoms with van der Waals surface area (Å²) in [6.07, 6.45) is 2.31. The van der Waals surface area contributed by atoms with Crippen LogP contribution in [0.5, 0.6) is 11.5 Å². The van der Waals surface area contributed by atoms with E-state index in [1.54, 1.807) is 48.7 Å². The molecule has 0 radical (unpaired) electrons. The van der Waals surface area contributed by atoms with Gasteiger partial charge in [0.2, 0.25) is 0 Å². The number of benzene rings is 3. The molecule has 6 nitrogen and oxygen atoms in total. The monoisotopic (exact) mass is 408 g/mol. The van der Waals surface area contributed by atoms with Crippen molar-refractivity contribution in [1.82, 2.24) is 0 Å².